The van der Waals surface area contributed by atoms with Crippen LogP contribution in [0.5, 0.6) is 0 Å². The average Bonchev–Trinajstić information content (AvgIpc) is 3.16. The number of anilines is 2. The van der Waals surface area contributed by atoms with E-state index in [0.717, 1.165) is 11.3 Å². The van der Waals surface area contributed by atoms with E-state index in [2.05, 4.69) is 20.8 Å². The van der Waals surface area contributed by atoms with Crippen molar-refractivity contribution in [2.45, 2.75) is 38.4 Å². The SMILES string of the molecule is CCn1c(CCC(=O)Nc2ccc(F)cc2)nnc1SCC(=O)Nc1ccccc1C. The molecule has 0 aliphatic heterocycles. The predicted octanol–water partition coefficient (Wildman–Crippen LogP) is 4.05. The summed E-state index contributed by atoms with van der Waals surface area (Å²) in [6, 6.07) is 13.2. The number of hydrogen-bond acceptors (Lipinski definition) is 5. The molecule has 0 saturated heterocycles. The van der Waals surface area contributed by atoms with Crippen LogP contribution in [0, 0.1) is 12.7 Å². The number of nitrogens with one attached hydrogen (secondary N) is 2. The Bertz CT molecular complexity index is 1050. The highest BCUT2D eigenvalue weighted by molar-refractivity contribution is 7.99. The van der Waals surface area contributed by atoms with Crippen LogP contribution in [0.1, 0.15) is 24.7 Å². The van der Waals surface area contributed by atoms with Gasteiger partial charge in [-0.05, 0) is 49.7 Å². The zero-order chi connectivity index (χ0) is 22.2. The molecule has 0 unspecified atom stereocenters. The van der Waals surface area contributed by atoms with Crippen molar-refractivity contribution in [3.05, 3.63) is 65.7 Å². The summed E-state index contributed by atoms with van der Waals surface area (Å²) in [5, 5.41) is 14.6. The molecule has 9 heteroatoms. The van der Waals surface area contributed by atoms with Crippen LogP contribution >= 0.6 is 11.8 Å². The van der Waals surface area contributed by atoms with E-state index in [9.17, 15) is 14.0 Å². The van der Waals surface area contributed by atoms with Gasteiger partial charge in [-0.3, -0.25) is 9.59 Å². The quantitative estimate of drug-likeness (QED) is 0.489. The third kappa shape index (κ3) is 6.39. The number of benzene rings is 2. The van der Waals surface area contributed by atoms with Crippen LogP contribution in [-0.4, -0.2) is 32.3 Å². The Morgan fingerprint density at radius 3 is 2.48 bits per heavy atom. The summed E-state index contributed by atoms with van der Waals surface area (Å²) in [6.07, 6.45) is 0.623. The highest BCUT2D eigenvalue weighted by Gasteiger charge is 2.15. The molecular weight excluding hydrogens is 417 g/mol. The van der Waals surface area contributed by atoms with Crippen molar-refractivity contribution in [3.8, 4) is 0 Å². The number of carbonyl (C=O) groups is 2. The fraction of sp³-hybridized carbons (Fsp3) is 0.273. The molecule has 2 aromatic carbocycles. The van der Waals surface area contributed by atoms with E-state index in [1.165, 1.54) is 36.0 Å². The minimum absolute atomic E-state index is 0.120. The van der Waals surface area contributed by atoms with E-state index in [-0.39, 0.29) is 29.8 Å². The number of rotatable bonds is 9. The van der Waals surface area contributed by atoms with Gasteiger partial charge in [0.2, 0.25) is 11.8 Å². The number of aryl methyl sites for hydroxylation is 2. The molecule has 1 heterocycles. The average molecular weight is 442 g/mol. The first kappa shape index (κ1) is 22.5. The Labute approximate surface area is 184 Å². The zero-order valence-corrected chi connectivity index (χ0v) is 18.2. The fourth-order valence-corrected chi connectivity index (χ4v) is 3.76. The Kier molecular flexibility index (Phi) is 7.77. The first-order valence-corrected chi connectivity index (χ1v) is 10.9. The molecule has 1 aromatic heterocycles. The van der Waals surface area contributed by atoms with Crippen molar-refractivity contribution in [3.63, 3.8) is 0 Å². The fourth-order valence-electron chi connectivity index (χ4n) is 2.94. The molecule has 0 atom stereocenters. The van der Waals surface area contributed by atoms with Crippen molar-refractivity contribution in [1.82, 2.24) is 14.8 Å². The molecule has 0 aliphatic carbocycles. The van der Waals surface area contributed by atoms with Gasteiger partial charge in [0.05, 0.1) is 5.75 Å². The van der Waals surface area contributed by atoms with Crippen molar-refractivity contribution in [2.24, 2.45) is 0 Å². The van der Waals surface area contributed by atoms with Crippen LogP contribution in [0.3, 0.4) is 0 Å². The van der Waals surface area contributed by atoms with Crippen molar-refractivity contribution in [1.29, 1.82) is 0 Å². The van der Waals surface area contributed by atoms with Gasteiger partial charge in [-0.15, -0.1) is 10.2 Å². The third-order valence-electron chi connectivity index (χ3n) is 4.56. The lowest BCUT2D eigenvalue weighted by Gasteiger charge is -2.09. The smallest absolute Gasteiger partial charge is 0.234 e. The van der Waals surface area contributed by atoms with Crippen molar-refractivity contribution in [2.75, 3.05) is 16.4 Å². The summed E-state index contributed by atoms with van der Waals surface area (Å²) in [4.78, 5) is 24.5. The maximum absolute atomic E-state index is 13.0. The van der Waals surface area contributed by atoms with Gasteiger partial charge in [0.1, 0.15) is 11.6 Å². The summed E-state index contributed by atoms with van der Waals surface area (Å²) < 4.78 is 14.9. The summed E-state index contributed by atoms with van der Waals surface area (Å²) in [5.74, 6) is 0.219. The first-order valence-electron chi connectivity index (χ1n) is 9.92. The Hall–Kier alpha value is -3.20. The number of aromatic nitrogens is 3. The van der Waals surface area contributed by atoms with Gasteiger partial charge >= 0.3 is 0 Å². The first-order chi connectivity index (χ1) is 15.0. The van der Waals surface area contributed by atoms with Crippen LogP contribution in [0.2, 0.25) is 0 Å². The number of halogens is 1. The summed E-state index contributed by atoms with van der Waals surface area (Å²) in [7, 11) is 0. The summed E-state index contributed by atoms with van der Waals surface area (Å²) >= 11 is 1.31. The number of amides is 2. The van der Waals surface area contributed by atoms with Crippen molar-refractivity contribution < 1.29 is 14.0 Å². The lowest BCUT2D eigenvalue weighted by Crippen LogP contribution is -2.16. The molecule has 0 bridgehead atoms. The predicted molar refractivity (Wildman–Crippen MR) is 120 cm³/mol. The van der Waals surface area contributed by atoms with Crippen LogP contribution < -0.4 is 10.6 Å². The topological polar surface area (TPSA) is 88.9 Å². The van der Waals surface area contributed by atoms with Crippen LogP contribution in [0.4, 0.5) is 15.8 Å². The van der Waals surface area contributed by atoms with E-state index >= 15 is 0 Å². The van der Waals surface area contributed by atoms with Crippen LogP contribution in [0.15, 0.2) is 53.7 Å². The molecule has 0 aliphatic rings. The van der Waals surface area contributed by atoms with Gasteiger partial charge in [0.25, 0.3) is 0 Å². The van der Waals surface area contributed by atoms with E-state index in [0.29, 0.717) is 29.6 Å². The van der Waals surface area contributed by atoms with Gasteiger partial charge in [0.15, 0.2) is 5.16 Å². The normalized spacial score (nSPS) is 10.7. The van der Waals surface area contributed by atoms with E-state index in [1.807, 2.05) is 42.7 Å². The second kappa shape index (κ2) is 10.7. The van der Waals surface area contributed by atoms with E-state index in [4.69, 9.17) is 0 Å². The minimum atomic E-state index is -0.355. The molecule has 2 amide bonds. The molecule has 31 heavy (non-hydrogen) atoms. The largest absolute Gasteiger partial charge is 0.326 e. The Balaban J connectivity index is 1.52. The molecule has 0 fully saturated rings. The lowest BCUT2D eigenvalue weighted by molar-refractivity contribution is -0.116. The number of para-hydroxylation sites is 1. The van der Waals surface area contributed by atoms with Gasteiger partial charge in [0, 0.05) is 30.8 Å². The standard InChI is InChI=1S/C22H24FN5O2S/c1-3-28-19(12-13-20(29)24-17-10-8-16(23)9-11-17)26-27-22(28)31-14-21(30)25-18-7-5-4-6-15(18)2/h4-11H,3,12-14H2,1-2H3,(H,24,29)(H,25,30). The van der Waals surface area contributed by atoms with Gasteiger partial charge in [-0.1, -0.05) is 30.0 Å². The molecule has 3 rings (SSSR count). The van der Waals surface area contributed by atoms with Crippen LogP contribution in [0.25, 0.3) is 0 Å². The Morgan fingerprint density at radius 2 is 1.77 bits per heavy atom. The zero-order valence-electron chi connectivity index (χ0n) is 17.4. The monoisotopic (exact) mass is 441 g/mol. The molecule has 0 radical (unpaired) electrons. The molecule has 0 spiro atoms. The molecule has 162 valence electrons. The molecule has 3 aromatic rings. The van der Waals surface area contributed by atoms with E-state index in [1.54, 1.807) is 0 Å². The van der Waals surface area contributed by atoms with Gasteiger partial charge in [-0.2, -0.15) is 0 Å². The number of nitrogens with zero attached hydrogens (tertiary/aromatic N) is 3. The Morgan fingerprint density at radius 1 is 1.03 bits per heavy atom. The highest BCUT2D eigenvalue weighted by Crippen LogP contribution is 2.19. The second-order valence-electron chi connectivity index (χ2n) is 6.85. The molecular formula is C22H24FN5O2S. The number of carbonyl (C=O) groups excluding carboxylic acids is 2. The molecule has 7 nitrogen and oxygen atoms in total. The second-order valence-corrected chi connectivity index (χ2v) is 7.79. The number of thioether (sulfide) groups is 1. The van der Waals surface area contributed by atoms with Crippen molar-refractivity contribution >= 4 is 35.0 Å². The van der Waals surface area contributed by atoms with Gasteiger partial charge < -0.3 is 15.2 Å². The number of hydrogen-bond donors (Lipinski definition) is 2. The third-order valence-corrected chi connectivity index (χ3v) is 5.53. The lowest BCUT2D eigenvalue weighted by atomic mass is 10.2. The van der Waals surface area contributed by atoms with Gasteiger partial charge in [-0.25, -0.2) is 4.39 Å². The molecule has 2 N–H and O–H groups in total. The summed E-state index contributed by atoms with van der Waals surface area (Å²) in [6.45, 7) is 4.53. The summed E-state index contributed by atoms with van der Waals surface area (Å²) in [5.41, 5.74) is 2.33. The highest BCUT2D eigenvalue weighted by atomic mass is 32.2. The van der Waals surface area contributed by atoms with Crippen LogP contribution in [-0.2, 0) is 22.6 Å². The molecule has 0 saturated carbocycles. The minimum Gasteiger partial charge on any atom is -0.326 e. The maximum Gasteiger partial charge on any atom is 0.234 e. The van der Waals surface area contributed by atoms with E-state index < -0.39 is 0 Å². The maximum atomic E-state index is 13.0.